The lowest BCUT2D eigenvalue weighted by Crippen LogP contribution is -2.45. The minimum Gasteiger partial charge on any atom is -0.493 e. The van der Waals surface area contributed by atoms with E-state index in [1.807, 2.05) is 6.07 Å². The van der Waals surface area contributed by atoms with Crippen LogP contribution in [0.25, 0.3) is 0 Å². The lowest BCUT2D eigenvalue weighted by Gasteiger charge is -2.32. The highest BCUT2D eigenvalue weighted by molar-refractivity contribution is 7.88. The predicted octanol–water partition coefficient (Wildman–Crippen LogP) is 1.96. The molecule has 1 amide bonds. The molecular formula is C19H30N2O5S. The maximum absolute atomic E-state index is 12.2. The molecule has 1 aliphatic carbocycles. The van der Waals surface area contributed by atoms with E-state index in [1.165, 1.54) is 6.26 Å². The largest absolute Gasteiger partial charge is 0.493 e. The lowest BCUT2D eigenvalue weighted by molar-refractivity contribution is -0.120. The Morgan fingerprint density at radius 3 is 2.41 bits per heavy atom. The normalized spacial score (nSPS) is 15.6. The van der Waals surface area contributed by atoms with Crippen LogP contribution in [0.1, 0.15) is 37.7 Å². The molecule has 0 aliphatic heterocycles. The molecule has 2 rings (SSSR count). The maximum atomic E-state index is 12.2. The predicted molar refractivity (Wildman–Crippen MR) is 105 cm³/mol. The van der Waals surface area contributed by atoms with E-state index >= 15 is 0 Å². The Kier molecular flexibility index (Phi) is 7.91. The van der Waals surface area contributed by atoms with Crippen molar-refractivity contribution >= 4 is 15.9 Å². The Labute approximate surface area is 162 Å². The summed E-state index contributed by atoms with van der Waals surface area (Å²) in [4.78, 5) is 12.2. The number of nitrogens with one attached hydrogen (secondary N) is 1. The van der Waals surface area contributed by atoms with Crippen LogP contribution in [0.4, 0.5) is 0 Å². The molecule has 152 valence electrons. The number of hydrogen-bond acceptors (Lipinski definition) is 5. The fraction of sp³-hybridized carbons (Fsp3) is 0.632. The van der Waals surface area contributed by atoms with Crippen molar-refractivity contribution in [2.75, 3.05) is 33.6 Å². The highest BCUT2D eigenvalue weighted by Crippen LogP contribution is 2.27. The van der Waals surface area contributed by atoms with Crippen LogP contribution in [0.3, 0.4) is 0 Å². The van der Waals surface area contributed by atoms with Gasteiger partial charge in [-0.25, -0.2) is 8.42 Å². The SMILES string of the molecule is COc1ccc(CC(=O)NCCN(C2CCCCC2)S(C)(=O)=O)cc1OC. The number of rotatable bonds is 9. The highest BCUT2D eigenvalue weighted by Gasteiger charge is 2.27. The summed E-state index contributed by atoms with van der Waals surface area (Å²) < 4.78 is 36.2. The van der Waals surface area contributed by atoms with Crippen LogP contribution in [-0.2, 0) is 21.2 Å². The molecule has 0 bridgehead atoms. The molecule has 1 aromatic carbocycles. The number of carbonyl (C=O) groups is 1. The standard InChI is InChI=1S/C19H30N2O5S/c1-25-17-10-9-15(13-18(17)26-2)14-19(22)20-11-12-21(27(3,23)24)16-7-5-4-6-8-16/h9-10,13,16H,4-8,11-12,14H2,1-3H3,(H,20,22). The van der Waals surface area contributed by atoms with Gasteiger partial charge in [-0.1, -0.05) is 25.3 Å². The molecule has 0 saturated heterocycles. The summed E-state index contributed by atoms with van der Waals surface area (Å²) in [6.07, 6.45) is 6.51. The molecule has 27 heavy (non-hydrogen) atoms. The van der Waals surface area contributed by atoms with Gasteiger partial charge in [0.05, 0.1) is 26.9 Å². The number of sulfonamides is 1. The van der Waals surface area contributed by atoms with Gasteiger partial charge >= 0.3 is 0 Å². The minimum atomic E-state index is -3.29. The van der Waals surface area contributed by atoms with E-state index in [9.17, 15) is 13.2 Å². The second kappa shape index (κ2) is 9.94. The molecule has 1 aromatic rings. The summed E-state index contributed by atoms with van der Waals surface area (Å²) in [5.74, 6) is 1.03. The molecule has 0 heterocycles. The first-order valence-corrected chi connectivity index (χ1v) is 11.1. The van der Waals surface area contributed by atoms with Crippen LogP contribution >= 0.6 is 0 Å². The average Bonchev–Trinajstić information content (AvgIpc) is 2.64. The van der Waals surface area contributed by atoms with Crippen molar-refractivity contribution in [2.45, 2.75) is 44.6 Å². The first-order chi connectivity index (χ1) is 12.8. The smallest absolute Gasteiger partial charge is 0.224 e. The van der Waals surface area contributed by atoms with E-state index in [4.69, 9.17) is 9.47 Å². The third-order valence-electron chi connectivity index (χ3n) is 4.87. The van der Waals surface area contributed by atoms with Gasteiger partial charge in [0.25, 0.3) is 0 Å². The minimum absolute atomic E-state index is 0.0523. The monoisotopic (exact) mass is 398 g/mol. The fourth-order valence-electron chi connectivity index (χ4n) is 3.53. The van der Waals surface area contributed by atoms with Crippen molar-refractivity contribution in [3.05, 3.63) is 23.8 Å². The molecule has 1 N–H and O–H groups in total. The summed E-state index contributed by atoms with van der Waals surface area (Å²) >= 11 is 0. The summed E-state index contributed by atoms with van der Waals surface area (Å²) in [5, 5.41) is 2.82. The molecule has 8 heteroatoms. The number of nitrogens with zero attached hydrogens (tertiary/aromatic N) is 1. The Hall–Kier alpha value is -1.80. The average molecular weight is 399 g/mol. The molecule has 7 nitrogen and oxygen atoms in total. The molecule has 1 saturated carbocycles. The van der Waals surface area contributed by atoms with Gasteiger partial charge in [0.1, 0.15) is 0 Å². The Bertz CT molecular complexity index is 730. The molecule has 0 radical (unpaired) electrons. The van der Waals surface area contributed by atoms with Gasteiger partial charge in [-0.3, -0.25) is 4.79 Å². The zero-order valence-corrected chi connectivity index (χ0v) is 17.2. The molecular weight excluding hydrogens is 368 g/mol. The van der Waals surface area contributed by atoms with Crippen LogP contribution in [0.2, 0.25) is 0 Å². The molecule has 0 aromatic heterocycles. The quantitative estimate of drug-likeness (QED) is 0.687. The van der Waals surface area contributed by atoms with Crippen molar-refractivity contribution in [3.63, 3.8) is 0 Å². The van der Waals surface area contributed by atoms with Gasteiger partial charge in [-0.05, 0) is 30.5 Å². The van der Waals surface area contributed by atoms with Gasteiger partial charge in [-0.15, -0.1) is 0 Å². The third kappa shape index (κ3) is 6.39. The number of carbonyl (C=O) groups excluding carboxylic acids is 1. The summed E-state index contributed by atoms with van der Waals surface area (Å²) in [7, 11) is -0.179. The molecule has 1 aliphatic rings. The van der Waals surface area contributed by atoms with Crippen LogP contribution in [0.15, 0.2) is 18.2 Å². The Morgan fingerprint density at radius 1 is 1.15 bits per heavy atom. The van der Waals surface area contributed by atoms with Gasteiger partial charge < -0.3 is 14.8 Å². The number of benzene rings is 1. The van der Waals surface area contributed by atoms with Crippen molar-refractivity contribution < 1.29 is 22.7 Å². The third-order valence-corrected chi connectivity index (χ3v) is 6.21. The second-order valence-electron chi connectivity index (χ2n) is 6.88. The van der Waals surface area contributed by atoms with E-state index < -0.39 is 10.0 Å². The summed E-state index contributed by atoms with van der Waals surface area (Å²) in [6, 6.07) is 5.39. The Morgan fingerprint density at radius 2 is 1.81 bits per heavy atom. The topological polar surface area (TPSA) is 84.9 Å². The number of ether oxygens (including phenoxy) is 2. The summed E-state index contributed by atoms with van der Waals surface area (Å²) in [5.41, 5.74) is 0.803. The molecule has 1 fully saturated rings. The van der Waals surface area contributed by atoms with Crippen LogP contribution in [0, 0.1) is 0 Å². The van der Waals surface area contributed by atoms with Gasteiger partial charge in [0.15, 0.2) is 11.5 Å². The van der Waals surface area contributed by atoms with Crippen molar-refractivity contribution in [3.8, 4) is 11.5 Å². The van der Waals surface area contributed by atoms with Crippen LogP contribution in [0.5, 0.6) is 11.5 Å². The fourth-order valence-corrected chi connectivity index (χ4v) is 4.71. The van der Waals surface area contributed by atoms with E-state index in [0.29, 0.717) is 24.6 Å². The summed E-state index contributed by atoms with van der Waals surface area (Å²) in [6.45, 7) is 0.608. The van der Waals surface area contributed by atoms with Gasteiger partial charge in [-0.2, -0.15) is 4.31 Å². The first kappa shape index (κ1) is 21.5. The zero-order valence-electron chi connectivity index (χ0n) is 16.4. The number of amides is 1. The van der Waals surface area contributed by atoms with E-state index in [2.05, 4.69) is 5.32 Å². The van der Waals surface area contributed by atoms with E-state index in [1.54, 1.807) is 30.7 Å². The second-order valence-corrected chi connectivity index (χ2v) is 8.82. The van der Waals surface area contributed by atoms with Crippen LogP contribution < -0.4 is 14.8 Å². The number of hydrogen-bond donors (Lipinski definition) is 1. The van der Waals surface area contributed by atoms with Gasteiger partial charge in [0.2, 0.25) is 15.9 Å². The van der Waals surface area contributed by atoms with Crippen molar-refractivity contribution in [1.29, 1.82) is 0 Å². The van der Waals surface area contributed by atoms with Crippen molar-refractivity contribution in [2.24, 2.45) is 0 Å². The zero-order chi connectivity index (χ0) is 19.9. The van der Waals surface area contributed by atoms with E-state index in [0.717, 1.165) is 37.7 Å². The molecule has 0 spiro atoms. The van der Waals surface area contributed by atoms with E-state index in [-0.39, 0.29) is 18.4 Å². The van der Waals surface area contributed by atoms with Gasteiger partial charge in [0, 0.05) is 19.1 Å². The lowest BCUT2D eigenvalue weighted by atomic mass is 9.95. The molecule has 0 unspecified atom stereocenters. The highest BCUT2D eigenvalue weighted by atomic mass is 32.2. The first-order valence-electron chi connectivity index (χ1n) is 9.29. The Balaban J connectivity index is 1.88. The van der Waals surface area contributed by atoms with Crippen molar-refractivity contribution in [1.82, 2.24) is 9.62 Å². The number of methoxy groups -OCH3 is 2. The molecule has 0 atom stereocenters. The maximum Gasteiger partial charge on any atom is 0.224 e. The van der Waals surface area contributed by atoms with Crippen LogP contribution in [-0.4, -0.2) is 58.2 Å².